The fraction of sp³-hybridized carbons (Fsp3) is 0.600. The Morgan fingerprint density at radius 1 is 1.23 bits per heavy atom. The summed E-state index contributed by atoms with van der Waals surface area (Å²) in [5.74, 6) is 0.989. The second-order valence-electron chi connectivity index (χ2n) is 7.59. The molecule has 3 saturated heterocycles. The monoisotopic (exact) mass is 358 g/mol. The molecule has 1 aromatic rings. The Kier molecular flexibility index (Phi) is 4.85. The second-order valence-corrected chi connectivity index (χ2v) is 7.59. The number of ether oxygens (including phenoxy) is 2. The van der Waals surface area contributed by atoms with Gasteiger partial charge in [0.05, 0.1) is 18.8 Å². The second kappa shape index (κ2) is 7.27. The summed E-state index contributed by atoms with van der Waals surface area (Å²) in [6.45, 7) is 2.81. The highest BCUT2D eigenvalue weighted by molar-refractivity contribution is 5.86. The van der Waals surface area contributed by atoms with Gasteiger partial charge in [0.15, 0.2) is 0 Å². The lowest BCUT2D eigenvalue weighted by atomic mass is 9.89. The minimum atomic E-state index is -0.303. The highest BCUT2D eigenvalue weighted by atomic mass is 16.6. The van der Waals surface area contributed by atoms with Gasteiger partial charge in [-0.15, -0.1) is 0 Å². The molecule has 6 heteroatoms. The lowest BCUT2D eigenvalue weighted by molar-refractivity contribution is -0.143. The molecule has 0 saturated carbocycles. The van der Waals surface area contributed by atoms with Crippen LogP contribution in [0.1, 0.15) is 32.1 Å². The first kappa shape index (κ1) is 17.3. The van der Waals surface area contributed by atoms with Crippen LogP contribution in [0.5, 0.6) is 5.75 Å². The first-order valence-electron chi connectivity index (χ1n) is 9.55. The van der Waals surface area contributed by atoms with E-state index in [0.29, 0.717) is 26.1 Å². The van der Waals surface area contributed by atoms with E-state index in [-0.39, 0.29) is 30.1 Å². The Bertz CT molecular complexity index is 665. The van der Waals surface area contributed by atoms with E-state index in [9.17, 15) is 9.59 Å². The maximum atomic E-state index is 12.7. The van der Waals surface area contributed by atoms with Crippen LogP contribution in [-0.4, -0.2) is 66.1 Å². The Balaban J connectivity index is 1.34. The summed E-state index contributed by atoms with van der Waals surface area (Å²) in [4.78, 5) is 28.0. The van der Waals surface area contributed by atoms with Crippen molar-refractivity contribution < 1.29 is 19.1 Å². The number of benzene rings is 1. The van der Waals surface area contributed by atoms with E-state index in [1.54, 1.807) is 4.90 Å². The molecule has 0 aromatic heterocycles. The third-order valence-electron chi connectivity index (χ3n) is 5.61. The number of carbonyl (C=O) groups is 2. The van der Waals surface area contributed by atoms with Gasteiger partial charge in [0.1, 0.15) is 11.9 Å². The van der Waals surface area contributed by atoms with Crippen LogP contribution in [0.4, 0.5) is 0 Å². The molecule has 0 N–H and O–H groups in total. The standard InChI is InChI=1S/C20H26N2O4/c23-18-8-4-10-21(18)13-19(24)22-11-5-9-20(15-22)12-17(14-25-20)26-16-6-2-1-3-7-16/h1-3,6-7,17H,4-5,8-15H2/t17-,20-/m1/s1. The smallest absolute Gasteiger partial charge is 0.242 e. The molecule has 0 unspecified atom stereocenters. The zero-order valence-corrected chi connectivity index (χ0v) is 15.1. The van der Waals surface area contributed by atoms with Gasteiger partial charge in [-0.3, -0.25) is 9.59 Å². The van der Waals surface area contributed by atoms with E-state index < -0.39 is 0 Å². The van der Waals surface area contributed by atoms with Crippen LogP contribution in [0.3, 0.4) is 0 Å². The predicted octanol–water partition coefficient (Wildman–Crippen LogP) is 1.84. The van der Waals surface area contributed by atoms with E-state index in [4.69, 9.17) is 9.47 Å². The maximum Gasteiger partial charge on any atom is 0.242 e. The number of hydrogen-bond acceptors (Lipinski definition) is 4. The maximum absolute atomic E-state index is 12.7. The number of hydrogen-bond donors (Lipinski definition) is 0. The van der Waals surface area contributed by atoms with Crippen LogP contribution in [-0.2, 0) is 14.3 Å². The number of carbonyl (C=O) groups excluding carboxylic acids is 2. The predicted molar refractivity (Wildman–Crippen MR) is 95.8 cm³/mol. The molecular formula is C20H26N2O4. The molecule has 2 amide bonds. The van der Waals surface area contributed by atoms with Crippen molar-refractivity contribution in [3.05, 3.63) is 30.3 Å². The van der Waals surface area contributed by atoms with Crippen LogP contribution in [0.25, 0.3) is 0 Å². The highest BCUT2D eigenvalue weighted by Gasteiger charge is 2.45. The van der Waals surface area contributed by atoms with E-state index in [0.717, 1.165) is 38.0 Å². The van der Waals surface area contributed by atoms with Crippen molar-refractivity contribution in [2.75, 3.05) is 32.8 Å². The summed E-state index contributed by atoms with van der Waals surface area (Å²) < 4.78 is 12.2. The molecular weight excluding hydrogens is 332 g/mol. The van der Waals surface area contributed by atoms with Crippen LogP contribution in [0, 0.1) is 0 Å². The van der Waals surface area contributed by atoms with Gasteiger partial charge < -0.3 is 19.3 Å². The van der Waals surface area contributed by atoms with Gasteiger partial charge in [-0.05, 0) is 31.4 Å². The van der Waals surface area contributed by atoms with Crippen molar-refractivity contribution in [2.24, 2.45) is 0 Å². The zero-order chi connectivity index (χ0) is 18.0. The van der Waals surface area contributed by atoms with E-state index >= 15 is 0 Å². The summed E-state index contributed by atoms with van der Waals surface area (Å²) in [7, 11) is 0. The number of para-hydroxylation sites is 1. The fourth-order valence-corrected chi connectivity index (χ4v) is 4.30. The fourth-order valence-electron chi connectivity index (χ4n) is 4.30. The molecule has 0 radical (unpaired) electrons. The number of amides is 2. The van der Waals surface area contributed by atoms with Gasteiger partial charge in [-0.2, -0.15) is 0 Å². The Morgan fingerprint density at radius 2 is 2.08 bits per heavy atom. The lowest BCUT2D eigenvalue weighted by Gasteiger charge is -2.40. The van der Waals surface area contributed by atoms with Crippen molar-refractivity contribution in [3.63, 3.8) is 0 Å². The Morgan fingerprint density at radius 3 is 2.85 bits per heavy atom. The highest BCUT2D eigenvalue weighted by Crippen LogP contribution is 2.36. The molecule has 3 heterocycles. The molecule has 3 fully saturated rings. The normalized spacial score (nSPS) is 28.8. The minimum absolute atomic E-state index is 0.0209. The average molecular weight is 358 g/mol. The molecule has 2 atom stereocenters. The van der Waals surface area contributed by atoms with Crippen LogP contribution in [0.2, 0.25) is 0 Å². The summed E-state index contributed by atoms with van der Waals surface area (Å²) >= 11 is 0. The van der Waals surface area contributed by atoms with Gasteiger partial charge in [0.25, 0.3) is 0 Å². The summed E-state index contributed by atoms with van der Waals surface area (Å²) in [6.07, 6.45) is 4.13. The zero-order valence-electron chi connectivity index (χ0n) is 15.1. The molecule has 6 nitrogen and oxygen atoms in total. The Hall–Kier alpha value is -2.08. The molecule has 26 heavy (non-hydrogen) atoms. The van der Waals surface area contributed by atoms with Gasteiger partial charge in [0.2, 0.25) is 11.8 Å². The third-order valence-corrected chi connectivity index (χ3v) is 5.61. The molecule has 0 aliphatic carbocycles. The minimum Gasteiger partial charge on any atom is -0.488 e. The molecule has 4 rings (SSSR count). The van der Waals surface area contributed by atoms with Crippen molar-refractivity contribution in [2.45, 2.75) is 43.8 Å². The van der Waals surface area contributed by atoms with Crippen molar-refractivity contribution in [1.82, 2.24) is 9.80 Å². The van der Waals surface area contributed by atoms with Crippen molar-refractivity contribution in [3.8, 4) is 5.75 Å². The number of nitrogens with zero attached hydrogens (tertiary/aromatic N) is 2. The first-order valence-corrected chi connectivity index (χ1v) is 9.55. The summed E-state index contributed by atoms with van der Waals surface area (Å²) in [5.41, 5.74) is -0.303. The van der Waals surface area contributed by atoms with Gasteiger partial charge in [0, 0.05) is 32.5 Å². The molecule has 1 aromatic carbocycles. The quantitative estimate of drug-likeness (QED) is 0.824. The Labute approximate surface area is 154 Å². The van der Waals surface area contributed by atoms with Crippen LogP contribution in [0.15, 0.2) is 30.3 Å². The van der Waals surface area contributed by atoms with Crippen LogP contribution < -0.4 is 4.74 Å². The molecule has 140 valence electrons. The number of rotatable bonds is 4. The lowest BCUT2D eigenvalue weighted by Crippen LogP contribution is -2.52. The third kappa shape index (κ3) is 3.70. The van der Waals surface area contributed by atoms with Gasteiger partial charge in [-0.1, -0.05) is 18.2 Å². The summed E-state index contributed by atoms with van der Waals surface area (Å²) in [5, 5.41) is 0. The van der Waals surface area contributed by atoms with Gasteiger partial charge >= 0.3 is 0 Å². The van der Waals surface area contributed by atoms with Crippen molar-refractivity contribution >= 4 is 11.8 Å². The number of piperidine rings is 1. The summed E-state index contributed by atoms with van der Waals surface area (Å²) in [6, 6.07) is 9.79. The average Bonchev–Trinajstić information content (AvgIpc) is 3.22. The van der Waals surface area contributed by atoms with Gasteiger partial charge in [-0.25, -0.2) is 0 Å². The van der Waals surface area contributed by atoms with Crippen molar-refractivity contribution in [1.29, 1.82) is 0 Å². The van der Waals surface area contributed by atoms with E-state index in [1.807, 2.05) is 35.2 Å². The topological polar surface area (TPSA) is 59.1 Å². The van der Waals surface area contributed by atoms with Crippen LogP contribution >= 0.6 is 0 Å². The largest absolute Gasteiger partial charge is 0.488 e. The van der Waals surface area contributed by atoms with E-state index in [2.05, 4.69) is 0 Å². The molecule has 1 spiro atoms. The molecule has 3 aliphatic heterocycles. The SMILES string of the molecule is O=C1CCCN1CC(=O)N1CCC[C@@]2(C[C@@H](Oc3ccccc3)CO2)C1. The van der Waals surface area contributed by atoms with E-state index in [1.165, 1.54) is 0 Å². The number of likely N-dealkylation sites (tertiary alicyclic amines) is 2. The molecule has 0 bridgehead atoms. The first-order chi connectivity index (χ1) is 12.6. The molecule has 3 aliphatic rings.